The Balaban J connectivity index is 1.63. The van der Waals surface area contributed by atoms with Gasteiger partial charge in [0, 0.05) is 56.6 Å². The third-order valence-electron chi connectivity index (χ3n) is 7.31. The molecule has 1 aromatic heterocycles. The smallest absolute Gasteiger partial charge is 0.410 e. The van der Waals surface area contributed by atoms with E-state index in [2.05, 4.69) is 22.0 Å². The van der Waals surface area contributed by atoms with Gasteiger partial charge in [-0.3, -0.25) is 9.59 Å². The largest absolute Gasteiger partial charge is 0.444 e. The fraction of sp³-hybridized carbons (Fsp3) is 0.516. The first-order valence-corrected chi connectivity index (χ1v) is 14.6. The summed E-state index contributed by atoms with van der Waals surface area (Å²) in [5, 5.41) is 0. The molecule has 2 aliphatic rings. The molecule has 40 heavy (non-hydrogen) atoms. The monoisotopic (exact) mass is 613 g/mol. The summed E-state index contributed by atoms with van der Waals surface area (Å²) in [7, 11) is 3.37. The molecule has 1 saturated heterocycles. The van der Waals surface area contributed by atoms with Crippen LogP contribution in [0, 0.1) is 5.92 Å². The van der Waals surface area contributed by atoms with Crippen molar-refractivity contribution in [2.24, 2.45) is 13.0 Å². The number of piperidine rings is 1. The van der Waals surface area contributed by atoms with Crippen LogP contribution in [0.4, 0.5) is 4.79 Å². The van der Waals surface area contributed by atoms with E-state index in [0.29, 0.717) is 26.1 Å². The Hall–Kier alpha value is -2.91. The number of methoxy groups -OCH3 is 1. The molecule has 2 aromatic rings. The molecule has 0 radical (unpaired) electrons. The molecule has 2 atom stereocenters. The molecular weight excluding hydrogens is 574 g/mol. The summed E-state index contributed by atoms with van der Waals surface area (Å²) >= 11 is 3.62. The first-order valence-electron chi connectivity index (χ1n) is 13.8. The minimum absolute atomic E-state index is 0.0119. The second kappa shape index (κ2) is 12.7. The molecule has 0 N–H and O–H groups in total. The number of aryl methyl sites for hydroxylation is 1. The van der Waals surface area contributed by atoms with Gasteiger partial charge in [0.25, 0.3) is 5.56 Å². The van der Waals surface area contributed by atoms with E-state index in [9.17, 15) is 14.4 Å². The number of hydrogen-bond donors (Lipinski definition) is 0. The highest BCUT2D eigenvalue weighted by Gasteiger charge is 2.43. The minimum atomic E-state index is -0.630. The van der Waals surface area contributed by atoms with Crippen LogP contribution in [0.5, 0.6) is 0 Å². The summed E-state index contributed by atoms with van der Waals surface area (Å²) in [6.07, 6.45) is 7.79. The van der Waals surface area contributed by atoms with Crippen LogP contribution in [-0.4, -0.2) is 64.8 Å². The third-order valence-corrected chi connectivity index (χ3v) is 7.77. The predicted octanol–water partition coefficient (Wildman–Crippen LogP) is 5.34. The number of benzene rings is 1. The molecular formula is C31H40BrN3O5. The lowest BCUT2D eigenvalue weighted by molar-refractivity contribution is -0.139. The van der Waals surface area contributed by atoms with Crippen molar-refractivity contribution >= 4 is 34.0 Å². The highest BCUT2D eigenvalue weighted by atomic mass is 79.9. The van der Waals surface area contributed by atoms with E-state index in [-0.39, 0.29) is 30.0 Å². The number of carbonyl (C=O) groups is 2. The molecule has 4 rings (SSSR count). The summed E-state index contributed by atoms with van der Waals surface area (Å²) in [5.41, 5.74) is 2.15. The maximum Gasteiger partial charge on any atom is 0.410 e. The second-order valence-electron chi connectivity index (χ2n) is 11.8. The standard InChI is InChI=1S/C31H40BrN3O5/c1-31(2,3)40-30(38)34-13-11-26(23-10-12-33(4)28(36)18-23)27(20-34)29(37)35(25-8-9-25)19-22-15-21(7-6-14-39-5)16-24(32)17-22/h6-7,10,12,15-18,25-27H,8-9,11,13-14,19-20H2,1-5H3/t26-,27+/m1/s1. The van der Waals surface area contributed by atoms with E-state index >= 15 is 0 Å². The zero-order valence-electron chi connectivity index (χ0n) is 24.1. The van der Waals surface area contributed by atoms with E-state index in [4.69, 9.17) is 9.47 Å². The molecule has 0 bridgehead atoms. The fourth-order valence-electron chi connectivity index (χ4n) is 5.21. The summed E-state index contributed by atoms with van der Waals surface area (Å²) in [6.45, 7) is 7.22. The SMILES string of the molecule is COCC=Cc1cc(Br)cc(CN(C(=O)[C@H]2CN(C(=O)OC(C)(C)C)CC[C@@H]2c2ccn(C)c(=O)c2)C2CC2)c1. The van der Waals surface area contributed by atoms with Crippen LogP contribution in [0.25, 0.3) is 6.08 Å². The lowest BCUT2D eigenvalue weighted by atomic mass is 9.79. The normalized spacial score (nSPS) is 19.6. The molecule has 2 amide bonds. The van der Waals surface area contributed by atoms with Gasteiger partial charge in [0.2, 0.25) is 5.91 Å². The average Bonchev–Trinajstić information content (AvgIpc) is 3.72. The van der Waals surface area contributed by atoms with Crippen LogP contribution in [0.3, 0.4) is 0 Å². The van der Waals surface area contributed by atoms with E-state index < -0.39 is 17.6 Å². The Bertz CT molecular complexity index is 1310. The maximum absolute atomic E-state index is 14.4. The summed E-state index contributed by atoms with van der Waals surface area (Å²) in [6, 6.07) is 9.88. The van der Waals surface area contributed by atoms with Gasteiger partial charge < -0.3 is 23.8 Å². The third kappa shape index (κ3) is 7.85. The van der Waals surface area contributed by atoms with E-state index in [1.807, 2.05) is 56.0 Å². The molecule has 9 heteroatoms. The van der Waals surface area contributed by atoms with Gasteiger partial charge in [-0.15, -0.1) is 0 Å². The zero-order valence-corrected chi connectivity index (χ0v) is 25.6. The van der Waals surface area contributed by atoms with Crippen LogP contribution < -0.4 is 5.56 Å². The van der Waals surface area contributed by atoms with Crippen molar-refractivity contribution in [1.82, 2.24) is 14.4 Å². The first kappa shape index (κ1) is 30.1. The van der Waals surface area contributed by atoms with E-state index in [0.717, 1.165) is 34.0 Å². The van der Waals surface area contributed by atoms with Gasteiger partial charge in [-0.25, -0.2) is 4.79 Å². The molecule has 2 heterocycles. The van der Waals surface area contributed by atoms with Crippen molar-refractivity contribution in [3.63, 3.8) is 0 Å². The van der Waals surface area contributed by atoms with Crippen molar-refractivity contribution in [1.29, 1.82) is 0 Å². The molecule has 1 saturated carbocycles. The van der Waals surface area contributed by atoms with Crippen molar-refractivity contribution in [3.05, 3.63) is 74.1 Å². The molecule has 0 unspecified atom stereocenters. The Morgan fingerprint density at radius 2 is 1.90 bits per heavy atom. The number of aromatic nitrogens is 1. The number of pyridine rings is 1. The first-order chi connectivity index (χ1) is 18.9. The fourth-order valence-corrected chi connectivity index (χ4v) is 5.77. The molecule has 1 aliphatic heterocycles. The Labute approximate surface area is 245 Å². The van der Waals surface area contributed by atoms with Crippen LogP contribution in [0.2, 0.25) is 0 Å². The molecule has 1 aliphatic carbocycles. The highest BCUT2D eigenvalue weighted by Crippen LogP contribution is 2.38. The topological polar surface area (TPSA) is 81.1 Å². The van der Waals surface area contributed by atoms with Crippen LogP contribution >= 0.6 is 15.9 Å². The number of hydrogen-bond acceptors (Lipinski definition) is 5. The van der Waals surface area contributed by atoms with Crippen LogP contribution in [0.1, 0.15) is 62.6 Å². The van der Waals surface area contributed by atoms with Gasteiger partial charge in [0.05, 0.1) is 12.5 Å². The summed E-state index contributed by atoms with van der Waals surface area (Å²) in [4.78, 5) is 43.5. The van der Waals surface area contributed by atoms with Gasteiger partial charge in [-0.05, 0) is 86.9 Å². The molecule has 216 valence electrons. The number of halogens is 1. The number of ether oxygens (including phenoxy) is 2. The highest BCUT2D eigenvalue weighted by molar-refractivity contribution is 9.10. The van der Waals surface area contributed by atoms with Gasteiger partial charge in [-0.2, -0.15) is 0 Å². The van der Waals surface area contributed by atoms with Crippen molar-refractivity contribution < 1.29 is 19.1 Å². The van der Waals surface area contributed by atoms with Crippen molar-refractivity contribution in [2.45, 2.75) is 64.1 Å². The van der Waals surface area contributed by atoms with Gasteiger partial charge in [0.15, 0.2) is 0 Å². The molecule has 0 spiro atoms. The quantitative estimate of drug-likeness (QED) is 0.401. The predicted molar refractivity (Wildman–Crippen MR) is 159 cm³/mol. The Morgan fingerprint density at radius 1 is 1.15 bits per heavy atom. The summed E-state index contributed by atoms with van der Waals surface area (Å²) < 4.78 is 13.3. The molecule has 2 fully saturated rings. The maximum atomic E-state index is 14.4. The number of carbonyl (C=O) groups excluding carboxylic acids is 2. The number of rotatable bonds is 8. The second-order valence-corrected chi connectivity index (χ2v) is 12.7. The number of likely N-dealkylation sites (tertiary alicyclic amines) is 1. The number of amides is 2. The minimum Gasteiger partial charge on any atom is -0.444 e. The average molecular weight is 615 g/mol. The van der Waals surface area contributed by atoms with Crippen LogP contribution in [0.15, 0.2) is 51.9 Å². The van der Waals surface area contributed by atoms with Crippen LogP contribution in [-0.2, 0) is 27.9 Å². The van der Waals surface area contributed by atoms with Gasteiger partial charge >= 0.3 is 6.09 Å². The van der Waals surface area contributed by atoms with Gasteiger partial charge in [0.1, 0.15) is 5.60 Å². The van der Waals surface area contributed by atoms with Gasteiger partial charge in [-0.1, -0.05) is 28.1 Å². The lowest BCUT2D eigenvalue weighted by Gasteiger charge is -2.40. The summed E-state index contributed by atoms with van der Waals surface area (Å²) in [5.74, 6) is -0.642. The number of nitrogens with zero attached hydrogens (tertiary/aromatic N) is 3. The molecule has 1 aromatic carbocycles. The van der Waals surface area contributed by atoms with Crippen molar-refractivity contribution in [2.75, 3.05) is 26.8 Å². The molecule has 8 nitrogen and oxygen atoms in total. The van der Waals surface area contributed by atoms with E-state index in [1.165, 1.54) is 4.57 Å². The Morgan fingerprint density at radius 3 is 2.55 bits per heavy atom. The Kier molecular flexibility index (Phi) is 9.56. The zero-order chi connectivity index (χ0) is 29.0. The lowest BCUT2D eigenvalue weighted by Crippen LogP contribution is -2.51. The van der Waals surface area contributed by atoms with E-state index in [1.54, 1.807) is 31.3 Å². The van der Waals surface area contributed by atoms with Crippen molar-refractivity contribution in [3.8, 4) is 0 Å².